The summed E-state index contributed by atoms with van der Waals surface area (Å²) in [5.41, 5.74) is -1.01. The first-order valence-corrected chi connectivity index (χ1v) is 9.10. The van der Waals surface area contributed by atoms with Crippen molar-refractivity contribution in [3.05, 3.63) is 63.1 Å². The molecular weight excluding hydrogens is 381 g/mol. The van der Waals surface area contributed by atoms with Crippen molar-refractivity contribution in [2.24, 2.45) is 11.3 Å². The van der Waals surface area contributed by atoms with E-state index in [2.05, 4.69) is 0 Å². The molecule has 1 unspecified atom stereocenters. The number of nitro groups is 1. The van der Waals surface area contributed by atoms with Gasteiger partial charge in [-0.05, 0) is 38.7 Å². The summed E-state index contributed by atoms with van der Waals surface area (Å²) in [6.45, 7) is 3.72. The predicted molar refractivity (Wildman–Crippen MR) is 104 cm³/mol. The fraction of sp³-hybridized carbons (Fsp3) is 0.429. The summed E-state index contributed by atoms with van der Waals surface area (Å²) in [7, 11) is 2.22. The quantitative estimate of drug-likeness (QED) is 0.234. The van der Waals surface area contributed by atoms with Gasteiger partial charge in [0.15, 0.2) is 5.41 Å². The van der Waals surface area contributed by atoms with Gasteiger partial charge >= 0.3 is 11.9 Å². The zero-order chi connectivity index (χ0) is 21.8. The SMILES string of the molecule is COC(=O)C1(C(=O)OC)CC([N+](=O)[O-])=C(c2ccccc2F)C(CC=C(C)C)C1. The van der Waals surface area contributed by atoms with Crippen LogP contribution in [0.3, 0.4) is 0 Å². The first kappa shape index (κ1) is 22.3. The van der Waals surface area contributed by atoms with Gasteiger partial charge in [0.05, 0.1) is 25.6 Å². The van der Waals surface area contributed by atoms with Crippen molar-refractivity contribution in [3.63, 3.8) is 0 Å². The van der Waals surface area contributed by atoms with Crippen molar-refractivity contribution < 1.29 is 28.4 Å². The van der Waals surface area contributed by atoms with Crippen LogP contribution >= 0.6 is 0 Å². The van der Waals surface area contributed by atoms with Crippen molar-refractivity contribution in [3.8, 4) is 0 Å². The zero-order valence-electron chi connectivity index (χ0n) is 16.9. The lowest BCUT2D eigenvalue weighted by molar-refractivity contribution is -0.429. The van der Waals surface area contributed by atoms with Gasteiger partial charge in [0.25, 0.3) is 5.70 Å². The van der Waals surface area contributed by atoms with Crippen molar-refractivity contribution in [2.45, 2.75) is 33.1 Å². The second kappa shape index (κ2) is 8.98. The maximum Gasteiger partial charge on any atom is 0.323 e. The molecule has 0 fully saturated rings. The molecular formula is C21H24FNO6. The molecule has 0 aromatic heterocycles. The van der Waals surface area contributed by atoms with Gasteiger partial charge in [-0.25, -0.2) is 4.39 Å². The highest BCUT2D eigenvalue weighted by molar-refractivity contribution is 6.01. The molecule has 0 radical (unpaired) electrons. The summed E-state index contributed by atoms with van der Waals surface area (Å²) >= 11 is 0. The van der Waals surface area contributed by atoms with Crippen molar-refractivity contribution in [1.29, 1.82) is 0 Å². The molecule has 0 N–H and O–H groups in total. The molecule has 0 saturated heterocycles. The van der Waals surface area contributed by atoms with Crippen LogP contribution in [0, 0.1) is 27.3 Å². The Hall–Kier alpha value is -3.03. The summed E-state index contributed by atoms with van der Waals surface area (Å²) in [4.78, 5) is 36.5. The van der Waals surface area contributed by atoms with E-state index < -0.39 is 40.4 Å². The average molecular weight is 405 g/mol. The molecule has 156 valence electrons. The van der Waals surface area contributed by atoms with Crippen molar-refractivity contribution in [2.75, 3.05) is 14.2 Å². The Labute approximate surface area is 168 Å². The fourth-order valence-electron chi connectivity index (χ4n) is 3.79. The topological polar surface area (TPSA) is 95.7 Å². The lowest BCUT2D eigenvalue weighted by atomic mass is 9.66. The Bertz CT molecular complexity index is 869. The van der Waals surface area contributed by atoms with E-state index in [4.69, 9.17) is 9.47 Å². The van der Waals surface area contributed by atoms with Gasteiger partial charge in [-0.2, -0.15) is 0 Å². The van der Waals surface area contributed by atoms with Crippen LogP contribution in [0.1, 0.15) is 38.7 Å². The number of carbonyl (C=O) groups is 2. The highest BCUT2D eigenvalue weighted by Gasteiger charge is 2.56. The molecule has 0 heterocycles. The Kier molecular flexibility index (Phi) is 6.89. The standard InChI is InChI=1S/C21H24FNO6/c1-13(2)9-10-14-11-21(19(24)28-3,20(25)29-4)12-17(23(26)27)18(14)15-7-5-6-8-16(15)22/h5-9,14H,10-12H2,1-4H3. The van der Waals surface area contributed by atoms with E-state index in [0.717, 1.165) is 19.8 Å². The Morgan fingerprint density at radius 2 is 1.83 bits per heavy atom. The van der Waals surface area contributed by atoms with Gasteiger partial charge in [0, 0.05) is 11.1 Å². The van der Waals surface area contributed by atoms with Crippen LogP contribution in [0.25, 0.3) is 5.57 Å². The minimum atomic E-state index is -1.86. The molecule has 0 bridgehead atoms. The number of ether oxygens (including phenoxy) is 2. The Balaban J connectivity index is 2.79. The van der Waals surface area contributed by atoms with E-state index in [1.54, 1.807) is 6.07 Å². The normalized spacial score (nSPS) is 18.0. The lowest BCUT2D eigenvalue weighted by Crippen LogP contribution is -2.46. The van der Waals surface area contributed by atoms with Gasteiger partial charge in [0.2, 0.25) is 0 Å². The molecule has 29 heavy (non-hydrogen) atoms. The lowest BCUT2D eigenvalue weighted by Gasteiger charge is -2.36. The van der Waals surface area contributed by atoms with Gasteiger partial charge in [-0.15, -0.1) is 0 Å². The highest BCUT2D eigenvalue weighted by atomic mass is 19.1. The minimum absolute atomic E-state index is 0.0862. The summed E-state index contributed by atoms with van der Waals surface area (Å²) in [6.07, 6.45) is 1.51. The monoisotopic (exact) mass is 405 g/mol. The van der Waals surface area contributed by atoms with E-state index in [9.17, 15) is 24.1 Å². The van der Waals surface area contributed by atoms with Gasteiger partial charge in [0.1, 0.15) is 5.82 Å². The molecule has 7 nitrogen and oxygen atoms in total. The van der Waals surface area contributed by atoms with Gasteiger partial charge in [-0.1, -0.05) is 29.8 Å². The first-order chi connectivity index (χ1) is 13.7. The predicted octanol–water partition coefficient (Wildman–Crippen LogP) is 3.91. The van der Waals surface area contributed by atoms with E-state index >= 15 is 0 Å². The second-order valence-electron chi connectivity index (χ2n) is 7.26. The molecule has 0 saturated carbocycles. The molecule has 8 heteroatoms. The molecule has 0 aliphatic heterocycles. The summed E-state index contributed by atoms with van der Waals surface area (Å²) in [5, 5.41) is 11.9. The highest BCUT2D eigenvalue weighted by Crippen LogP contribution is 2.49. The third-order valence-electron chi connectivity index (χ3n) is 5.13. The Morgan fingerprint density at radius 3 is 2.31 bits per heavy atom. The van der Waals surface area contributed by atoms with Crippen LogP contribution < -0.4 is 0 Å². The van der Waals surface area contributed by atoms with Crippen LogP contribution in [0.5, 0.6) is 0 Å². The number of halogens is 1. The largest absolute Gasteiger partial charge is 0.468 e. The van der Waals surface area contributed by atoms with Crippen LogP contribution in [0.2, 0.25) is 0 Å². The summed E-state index contributed by atoms with van der Waals surface area (Å²) < 4.78 is 24.2. The molecule has 1 aliphatic rings. The molecule has 1 aliphatic carbocycles. The van der Waals surface area contributed by atoms with Crippen LogP contribution in [0.4, 0.5) is 4.39 Å². The summed E-state index contributed by atoms with van der Waals surface area (Å²) in [5.74, 6) is -3.07. The second-order valence-corrected chi connectivity index (χ2v) is 7.26. The van der Waals surface area contributed by atoms with Crippen LogP contribution in [-0.4, -0.2) is 31.1 Å². The molecule has 0 spiro atoms. The molecule has 1 aromatic carbocycles. The molecule has 1 atom stereocenters. The maximum absolute atomic E-state index is 14.6. The number of esters is 2. The first-order valence-electron chi connectivity index (χ1n) is 9.10. The fourth-order valence-corrected chi connectivity index (χ4v) is 3.79. The van der Waals surface area contributed by atoms with Gasteiger partial charge < -0.3 is 9.47 Å². The Morgan fingerprint density at radius 1 is 1.24 bits per heavy atom. The number of rotatable bonds is 6. The number of carbonyl (C=O) groups excluding carboxylic acids is 2. The van der Waals surface area contributed by atoms with Gasteiger partial charge in [-0.3, -0.25) is 19.7 Å². The van der Waals surface area contributed by atoms with E-state index in [1.165, 1.54) is 18.2 Å². The number of hydrogen-bond acceptors (Lipinski definition) is 6. The third kappa shape index (κ3) is 4.36. The number of nitrogens with zero attached hydrogens (tertiary/aromatic N) is 1. The van der Waals surface area contributed by atoms with Crippen LogP contribution in [-0.2, 0) is 19.1 Å². The molecule has 0 amide bonds. The average Bonchev–Trinajstić information content (AvgIpc) is 2.70. The third-order valence-corrected chi connectivity index (χ3v) is 5.13. The van der Waals surface area contributed by atoms with E-state index in [0.29, 0.717) is 6.42 Å². The maximum atomic E-state index is 14.6. The number of allylic oxidation sites excluding steroid dienone is 4. The number of hydrogen-bond donors (Lipinski definition) is 0. The smallest absolute Gasteiger partial charge is 0.323 e. The zero-order valence-corrected chi connectivity index (χ0v) is 16.9. The van der Waals surface area contributed by atoms with Crippen molar-refractivity contribution in [1.82, 2.24) is 0 Å². The number of methoxy groups -OCH3 is 2. The number of benzene rings is 1. The van der Waals surface area contributed by atoms with E-state index in [-0.39, 0.29) is 23.3 Å². The minimum Gasteiger partial charge on any atom is -0.468 e. The van der Waals surface area contributed by atoms with Crippen LogP contribution in [0.15, 0.2) is 41.6 Å². The van der Waals surface area contributed by atoms with Crippen molar-refractivity contribution >= 4 is 17.5 Å². The summed E-state index contributed by atoms with van der Waals surface area (Å²) in [6, 6.07) is 5.77. The van der Waals surface area contributed by atoms with E-state index in [1.807, 2.05) is 19.9 Å². The molecule has 1 aromatic rings. The molecule has 2 rings (SSSR count).